The smallest absolute Gasteiger partial charge is 0.224 e. The van der Waals surface area contributed by atoms with Crippen LogP contribution in [-0.4, -0.2) is 31.7 Å². The van der Waals surface area contributed by atoms with E-state index in [1.165, 1.54) is 5.69 Å². The van der Waals surface area contributed by atoms with Gasteiger partial charge in [0.15, 0.2) is 0 Å². The number of carbonyl (C=O) groups is 1. The first-order valence-electron chi connectivity index (χ1n) is 10.1. The topological polar surface area (TPSA) is 41.6 Å². The predicted molar refractivity (Wildman–Crippen MR) is 115 cm³/mol. The Balaban J connectivity index is 2.13. The third kappa shape index (κ3) is 6.24. The van der Waals surface area contributed by atoms with Crippen LogP contribution in [0.1, 0.15) is 65.5 Å². The van der Waals surface area contributed by atoms with Crippen LogP contribution in [0.25, 0.3) is 0 Å². The van der Waals surface area contributed by atoms with Crippen LogP contribution in [0, 0.1) is 24.7 Å². The standard InChI is InChI=1S/C23H38N2O2/c1-16-13-18(25-10-9-19(23(6,7)8)27-12-11-25)14-17(2)21(16)24-20(26)15-22(3,4)5/h13-14,19H,9-12,15H2,1-8H3,(H,24,26). The maximum Gasteiger partial charge on any atom is 0.224 e. The number of carbonyl (C=O) groups excluding carboxylic acids is 1. The number of rotatable bonds is 3. The molecule has 1 amide bonds. The van der Waals surface area contributed by atoms with E-state index in [4.69, 9.17) is 4.74 Å². The molecule has 1 aliphatic heterocycles. The number of ether oxygens (including phenoxy) is 1. The first-order chi connectivity index (χ1) is 12.4. The molecule has 2 rings (SSSR count). The Labute approximate surface area is 165 Å². The molecule has 0 radical (unpaired) electrons. The molecule has 1 atom stereocenters. The summed E-state index contributed by atoms with van der Waals surface area (Å²) in [6.45, 7) is 19.8. The molecule has 0 bridgehead atoms. The fraction of sp³-hybridized carbons (Fsp3) is 0.696. The van der Waals surface area contributed by atoms with E-state index in [-0.39, 0.29) is 16.7 Å². The highest BCUT2D eigenvalue weighted by Crippen LogP contribution is 2.31. The van der Waals surface area contributed by atoms with E-state index in [0.29, 0.717) is 12.5 Å². The van der Waals surface area contributed by atoms with Gasteiger partial charge < -0.3 is 15.0 Å². The van der Waals surface area contributed by atoms with Crippen LogP contribution in [0.3, 0.4) is 0 Å². The lowest BCUT2D eigenvalue weighted by Crippen LogP contribution is -2.30. The van der Waals surface area contributed by atoms with Crippen molar-refractivity contribution in [1.29, 1.82) is 0 Å². The Kier molecular flexibility index (Phi) is 6.62. The molecule has 0 aliphatic carbocycles. The van der Waals surface area contributed by atoms with Gasteiger partial charge in [0.05, 0.1) is 12.7 Å². The summed E-state index contributed by atoms with van der Waals surface area (Å²) in [5.74, 6) is 0.0811. The highest BCUT2D eigenvalue weighted by Gasteiger charge is 2.28. The van der Waals surface area contributed by atoms with Crippen molar-refractivity contribution in [2.24, 2.45) is 10.8 Å². The largest absolute Gasteiger partial charge is 0.376 e. The molecule has 0 spiro atoms. The number of hydrogen-bond donors (Lipinski definition) is 1. The second kappa shape index (κ2) is 8.22. The zero-order valence-corrected chi connectivity index (χ0v) is 18.5. The maximum absolute atomic E-state index is 12.4. The zero-order chi connectivity index (χ0) is 20.4. The van der Waals surface area contributed by atoms with Crippen LogP contribution in [0.4, 0.5) is 11.4 Å². The number of aryl methyl sites for hydroxylation is 2. The van der Waals surface area contributed by atoms with E-state index in [1.54, 1.807) is 0 Å². The fourth-order valence-electron chi connectivity index (χ4n) is 3.70. The average molecular weight is 375 g/mol. The Morgan fingerprint density at radius 1 is 1.11 bits per heavy atom. The van der Waals surface area contributed by atoms with Crippen LogP contribution in [-0.2, 0) is 9.53 Å². The van der Waals surface area contributed by atoms with Crippen molar-refractivity contribution in [2.45, 2.75) is 74.3 Å². The van der Waals surface area contributed by atoms with Gasteiger partial charge in [0.25, 0.3) is 0 Å². The van der Waals surface area contributed by atoms with Crippen molar-refractivity contribution in [3.63, 3.8) is 0 Å². The molecule has 0 aromatic heterocycles. The molecule has 4 nitrogen and oxygen atoms in total. The monoisotopic (exact) mass is 374 g/mol. The van der Waals surface area contributed by atoms with Gasteiger partial charge in [-0.1, -0.05) is 41.5 Å². The number of nitrogens with zero attached hydrogens (tertiary/aromatic N) is 1. The molecule has 1 saturated heterocycles. The summed E-state index contributed by atoms with van der Waals surface area (Å²) in [4.78, 5) is 14.8. The third-order valence-corrected chi connectivity index (χ3v) is 5.15. The van der Waals surface area contributed by atoms with Gasteiger partial charge in [-0.2, -0.15) is 0 Å². The number of nitrogens with one attached hydrogen (secondary N) is 1. The number of hydrogen-bond acceptors (Lipinski definition) is 3. The summed E-state index contributed by atoms with van der Waals surface area (Å²) in [6, 6.07) is 4.38. The lowest BCUT2D eigenvalue weighted by Gasteiger charge is -2.29. The summed E-state index contributed by atoms with van der Waals surface area (Å²) in [6.07, 6.45) is 1.84. The molecule has 27 heavy (non-hydrogen) atoms. The first-order valence-corrected chi connectivity index (χ1v) is 10.1. The van der Waals surface area contributed by atoms with E-state index in [9.17, 15) is 4.79 Å². The van der Waals surface area contributed by atoms with Gasteiger partial charge in [-0.15, -0.1) is 0 Å². The molecule has 0 saturated carbocycles. The Bertz CT molecular complexity index is 645. The Morgan fingerprint density at radius 2 is 1.70 bits per heavy atom. The van der Waals surface area contributed by atoms with Crippen LogP contribution in [0.15, 0.2) is 12.1 Å². The van der Waals surface area contributed by atoms with E-state index >= 15 is 0 Å². The van der Waals surface area contributed by atoms with Crippen molar-refractivity contribution in [3.8, 4) is 0 Å². The summed E-state index contributed by atoms with van der Waals surface area (Å²) in [5, 5.41) is 3.12. The highest BCUT2D eigenvalue weighted by molar-refractivity contribution is 5.93. The van der Waals surface area contributed by atoms with Crippen molar-refractivity contribution in [3.05, 3.63) is 23.3 Å². The van der Waals surface area contributed by atoms with Gasteiger partial charge >= 0.3 is 0 Å². The first kappa shape index (κ1) is 21.7. The van der Waals surface area contributed by atoms with E-state index in [1.807, 2.05) is 0 Å². The molecule has 1 aromatic rings. The molecule has 4 heteroatoms. The quantitative estimate of drug-likeness (QED) is 0.778. The minimum absolute atomic E-state index is 0.0124. The second-order valence-electron chi connectivity index (χ2n) is 10.2. The molecule has 1 unspecified atom stereocenters. The van der Waals surface area contributed by atoms with Crippen molar-refractivity contribution in [1.82, 2.24) is 0 Å². The summed E-state index contributed by atoms with van der Waals surface area (Å²) in [5.41, 5.74) is 4.56. The van der Waals surface area contributed by atoms with Gasteiger partial charge in [0, 0.05) is 30.9 Å². The van der Waals surface area contributed by atoms with Crippen LogP contribution < -0.4 is 10.2 Å². The van der Waals surface area contributed by atoms with Crippen LogP contribution >= 0.6 is 0 Å². The summed E-state index contributed by atoms with van der Waals surface area (Å²) < 4.78 is 6.10. The van der Waals surface area contributed by atoms with Gasteiger partial charge in [-0.3, -0.25) is 4.79 Å². The molecule has 1 heterocycles. The van der Waals surface area contributed by atoms with Crippen LogP contribution in [0.2, 0.25) is 0 Å². The van der Waals surface area contributed by atoms with Crippen LogP contribution in [0.5, 0.6) is 0 Å². The number of benzene rings is 1. The summed E-state index contributed by atoms with van der Waals surface area (Å²) in [7, 11) is 0. The van der Waals surface area contributed by atoms with Crippen molar-refractivity contribution >= 4 is 17.3 Å². The molecule has 1 aliphatic rings. The fourth-order valence-corrected chi connectivity index (χ4v) is 3.70. The lowest BCUT2D eigenvalue weighted by atomic mass is 9.87. The lowest BCUT2D eigenvalue weighted by molar-refractivity contribution is -0.117. The van der Waals surface area contributed by atoms with Gasteiger partial charge in [-0.05, 0) is 54.4 Å². The minimum atomic E-state index is -0.0124. The number of amides is 1. The maximum atomic E-state index is 12.4. The van der Waals surface area contributed by atoms with Gasteiger partial charge in [0.1, 0.15) is 0 Å². The zero-order valence-electron chi connectivity index (χ0n) is 18.5. The van der Waals surface area contributed by atoms with Gasteiger partial charge in [0.2, 0.25) is 5.91 Å². The van der Waals surface area contributed by atoms with E-state index in [2.05, 4.69) is 77.7 Å². The predicted octanol–water partition coefficient (Wildman–Crippen LogP) is 5.32. The molecule has 1 fully saturated rings. The van der Waals surface area contributed by atoms with Crippen molar-refractivity contribution in [2.75, 3.05) is 29.9 Å². The highest BCUT2D eigenvalue weighted by atomic mass is 16.5. The average Bonchev–Trinajstić information content (AvgIpc) is 2.74. The van der Waals surface area contributed by atoms with Gasteiger partial charge in [-0.25, -0.2) is 0 Å². The minimum Gasteiger partial charge on any atom is -0.376 e. The molecule has 152 valence electrons. The Morgan fingerprint density at radius 3 is 2.22 bits per heavy atom. The van der Waals surface area contributed by atoms with E-state index in [0.717, 1.165) is 42.9 Å². The molecule has 1 N–H and O–H groups in total. The van der Waals surface area contributed by atoms with Crippen molar-refractivity contribution < 1.29 is 9.53 Å². The summed E-state index contributed by atoms with van der Waals surface area (Å²) >= 11 is 0. The molecular weight excluding hydrogens is 336 g/mol. The molecule has 1 aromatic carbocycles. The SMILES string of the molecule is Cc1cc(N2CCOC(C(C)(C)C)CC2)cc(C)c1NC(=O)CC(C)(C)C. The molecular formula is C23H38N2O2. The third-order valence-electron chi connectivity index (χ3n) is 5.15. The second-order valence-corrected chi connectivity index (χ2v) is 10.2. The van der Waals surface area contributed by atoms with E-state index < -0.39 is 0 Å². The Hall–Kier alpha value is -1.55. The normalized spacial score (nSPS) is 19.0. The number of anilines is 2.